The smallest absolute Gasteiger partial charge is 0.321 e. The van der Waals surface area contributed by atoms with Gasteiger partial charge in [0.25, 0.3) is 0 Å². The van der Waals surface area contributed by atoms with Crippen LogP contribution in [0.1, 0.15) is 16.8 Å². The third kappa shape index (κ3) is 3.67. The summed E-state index contributed by atoms with van der Waals surface area (Å²) in [5.74, 6) is 0.990. The first-order valence-electron chi connectivity index (χ1n) is 8.35. The van der Waals surface area contributed by atoms with E-state index in [9.17, 15) is 4.79 Å². The number of hydrogen-bond donors (Lipinski definition) is 1. The van der Waals surface area contributed by atoms with Gasteiger partial charge in [-0.2, -0.15) is 0 Å². The first-order chi connectivity index (χ1) is 11.5. The molecule has 1 aromatic heterocycles. The van der Waals surface area contributed by atoms with Crippen LogP contribution in [0, 0.1) is 20.8 Å². The zero-order valence-electron chi connectivity index (χ0n) is 14.5. The Morgan fingerprint density at radius 1 is 1.04 bits per heavy atom. The molecule has 2 amide bonds. The Bertz CT molecular complexity index is 736. The van der Waals surface area contributed by atoms with Gasteiger partial charge in [0.2, 0.25) is 0 Å². The number of rotatable bonds is 2. The number of pyridine rings is 1. The van der Waals surface area contributed by atoms with Crippen molar-refractivity contribution in [3.8, 4) is 0 Å². The van der Waals surface area contributed by atoms with Gasteiger partial charge in [-0.1, -0.05) is 18.2 Å². The van der Waals surface area contributed by atoms with Gasteiger partial charge in [0.15, 0.2) is 0 Å². The average molecular weight is 324 g/mol. The molecule has 0 aliphatic carbocycles. The van der Waals surface area contributed by atoms with Crippen LogP contribution in [-0.4, -0.2) is 42.1 Å². The van der Waals surface area contributed by atoms with Crippen LogP contribution in [0.5, 0.6) is 0 Å². The number of benzene rings is 1. The summed E-state index contributed by atoms with van der Waals surface area (Å²) in [6.45, 7) is 9.04. The third-order valence-electron chi connectivity index (χ3n) is 4.40. The Balaban J connectivity index is 1.60. The first kappa shape index (κ1) is 16.3. The summed E-state index contributed by atoms with van der Waals surface area (Å²) in [7, 11) is 0. The van der Waals surface area contributed by atoms with Gasteiger partial charge in [-0.25, -0.2) is 9.78 Å². The van der Waals surface area contributed by atoms with Gasteiger partial charge in [-0.05, 0) is 50.1 Å². The van der Waals surface area contributed by atoms with Crippen molar-refractivity contribution in [2.45, 2.75) is 20.8 Å². The minimum atomic E-state index is -0.0273. The summed E-state index contributed by atoms with van der Waals surface area (Å²) < 4.78 is 0. The van der Waals surface area contributed by atoms with Crippen molar-refractivity contribution in [2.24, 2.45) is 0 Å². The summed E-state index contributed by atoms with van der Waals surface area (Å²) in [4.78, 5) is 21.2. The Hall–Kier alpha value is -2.56. The van der Waals surface area contributed by atoms with Crippen LogP contribution < -0.4 is 10.2 Å². The van der Waals surface area contributed by atoms with E-state index in [1.165, 1.54) is 0 Å². The highest BCUT2D eigenvalue weighted by Crippen LogP contribution is 2.18. The molecule has 1 aliphatic rings. The molecule has 1 saturated heterocycles. The SMILES string of the molecule is Cc1ccc(C)c(NC(=O)N2CCN(c3cccc(C)n3)CC2)c1. The number of aromatic nitrogens is 1. The molecule has 1 fully saturated rings. The van der Waals surface area contributed by atoms with Crippen molar-refractivity contribution < 1.29 is 4.79 Å². The second-order valence-electron chi connectivity index (χ2n) is 6.36. The molecule has 0 unspecified atom stereocenters. The predicted octanol–water partition coefficient (Wildman–Crippen LogP) is 3.36. The third-order valence-corrected chi connectivity index (χ3v) is 4.40. The van der Waals surface area contributed by atoms with E-state index in [0.29, 0.717) is 13.1 Å². The molecule has 5 heteroatoms. The van der Waals surface area contributed by atoms with E-state index in [0.717, 1.165) is 41.4 Å². The molecule has 0 spiro atoms. The molecule has 0 radical (unpaired) electrons. The lowest BCUT2D eigenvalue weighted by Crippen LogP contribution is -2.50. The lowest BCUT2D eigenvalue weighted by molar-refractivity contribution is 0.208. The van der Waals surface area contributed by atoms with Crippen molar-refractivity contribution in [3.05, 3.63) is 53.2 Å². The zero-order chi connectivity index (χ0) is 17.1. The van der Waals surface area contributed by atoms with E-state index < -0.39 is 0 Å². The fourth-order valence-corrected chi connectivity index (χ4v) is 2.91. The number of nitrogens with zero attached hydrogens (tertiary/aromatic N) is 3. The molecule has 5 nitrogen and oxygen atoms in total. The molecule has 0 atom stereocenters. The maximum absolute atomic E-state index is 12.5. The van der Waals surface area contributed by atoms with E-state index in [1.807, 2.05) is 56.0 Å². The zero-order valence-corrected chi connectivity index (χ0v) is 14.5. The number of carbonyl (C=O) groups is 1. The van der Waals surface area contributed by atoms with E-state index in [2.05, 4.69) is 21.3 Å². The minimum absolute atomic E-state index is 0.0273. The van der Waals surface area contributed by atoms with Crippen LogP contribution in [0.2, 0.25) is 0 Å². The van der Waals surface area contributed by atoms with E-state index in [1.54, 1.807) is 0 Å². The minimum Gasteiger partial charge on any atom is -0.353 e. The van der Waals surface area contributed by atoms with Gasteiger partial charge in [0.05, 0.1) is 0 Å². The van der Waals surface area contributed by atoms with Crippen molar-refractivity contribution in [1.29, 1.82) is 0 Å². The first-order valence-corrected chi connectivity index (χ1v) is 8.35. The quantitative estimate of drug-likeness (QED) is 0.921. The highest BCUT2D eigenvalue weighted by molar-refractivity contribution is 5.90. The van der Waals surface area contributed by atoms with Crippen LogP contribution in [0.3, 0.4) is 0 Å². The number of hydrogen-bond acceptors (Lipinski definition) is 3. The maximum atomic E-state index is 12.5. The number of urea groups is 1. The van der Waals surface area contributed by atoms with Crippen molar-refractivity contribution in [1.82, 2.24) is 9.88 Å². The average Bonchev–Trinajstić information content (AvgIpc) is 2.58. The second-order valence-corrected chi connectivity index (χ2v) is 6.36. The van der Waals surface area contributed by atoms with Crippen LogP contribution in [0.4, 0.5) is 16.3 Å². The van der Waals surface area contributed by atoms with Crippen LogP contribution in [0.15, 0.2) is 36.4 Å². The highest BCUT2D eigenvalue weighted by atomic mass is 16.2. The molecule has 3 rings (SSSR count). The molecule has 2 heterocycles. The largest absolute Gasteiger partial charge is 0.353 e. The fourth-order valence-electron chi connectivity index (χ4n) is 2.91. The number of carbonyl (C=O) groups excluding carboxylic acids is 1. The molecule has 0 saturated carbocycles. The van der Waals surface area contributed by atoms with E-state index in [-0.39, 0.29) is 6.03 Å². The molecular weight excluding hydrogens is 300 g/mol. The summed E-state index contributed by atoms with van der Waals surface area (Å²) in [5.41, 5.74) is 4.13. The standard InChI is InChI=1S/C19H24N4O/c1-14-7-8-15(2)17(13-14)21-19(24)23-11-9-22(10-12-23)18-6-4-5-16(3)20-18/h4-8,13H,9-12H2,1-3H3,(H,21,24). The Labute approximate surface area is 143 Å². The highest BCUT2D eigenvalue weighted by Gasteiger charge is 2.22. The van der Waals surface area contributed by atoms with E-state index in [4.69, 9.17) is 0 Å². The topological polar surface area (TPSA) is 48.5 Å². The Kier molecular flexibility index (Phi) is 4.69. The summed E-state index contributed by atoms with van der Waals surface area (Å²) in [6.07, 6.45) is 0. The Morgan fingerprint density at radius 3 is 2.50 bits per heavy atom. The van der Waals surface area contributed by atoms with Gasteiger partial charge in [0.1, 0.15) is 5.82 Å². The van der Waals surface area contributed by atoms with Gasteiger partial charge in [-0.3, -0.25) is 0 Å². The monoisotopic (exact) mass is 324 g/mol. The van der Waals surface area contributed by atoms with Gasteiger partial charge >= 0.3 is 6.03 Å². The normalized spacial score (nSPS) is 14.6. The van der Waals surface area contributed by atoms with E-state index >= 15 is 0 Å². The molecular formula is C19H24N4O. The number of nitrogens with one attached hydrogen (secondary N) is 1. The number of anilines is 2. The predicted molar refractivity (Wildman–Crippen MR) is 97.7 cm³/mol. The fraction of sp³-hybridized carbons (Fsp3) is 0.368. The van der Waals surface area contributed by atoms with Crippen LogP contribution >= 0.6 is 0 Å². The molecule has 1 aromatic carbocycles. The van der Waals surface area contributed by atoms with Crippen molar-refractivity contribution >= 4 is 17.5 Å². The molecule has 0 bridgehead atoms. The van der Waals surface area contributed by atoms with Gasteiger partial charge in [-0.15, -0.1) is 0 Å². The van der Waals surface area contributed by atoms with Gasteiger partial charge < -0.3 is 15.1 Å². The number of piperazine rings is 1. The second kappa shape index (κ2) is 6.91. The summed E-state index contributed by atoms with van der Waals surface area (Å²) in [5, 5.41) is 3.04. The summed E-state index contributed by atoms with van der Waals surface area (Å²) >= 11 is 0. The van der Waals surface area contributed by atoms with Crippen LogP contribution in [-0.2, 0) is 0 Å². The van der Waals surface area contributed by atoms with Crippen LogP contribution in [0.25, 0.3) is 0 Å². The molecule has 2 aromatic rings. The Morgan fingerprint density at radius 2 is 1.79 bits per heavy atom. The molecule has 24 heavy (non-hydrogen) atoms. The van der Waals surface area contributed by atoms with Gasteiger partial charge in [0, 0.05) is 37.6 Å². The van der Waals surface area contributed by atoms with Crippen molar-refractivity contribution in [3.63, 3.8) is 0 Å². The lowest BCUT2D eigenvalue weighted by atomic mass is 10.1. The number of amides is 2. The summed E-state index contributed by atoms with van der Waals surface area (Å²) in [6, 6.07) is 12.1. The lowest BCUT2D eigenvalue weighted by Gasteiger charge is -2.35. The molecule has 126 valence electrons. The molecule has 1 N–H and O–H groups in total. The van der Waals surface area contributed by atoms with Crippen molar-refractivity contribution in [2.75, 3.05) is 36.4 Å². The molecule has 1 aliphatic heterocycles. The maximum Gasteiger partial charge on any atom is 0.321 e. The number of aryl methyl sites for hydroxylation is 3.